The second kappa shape index (κ2) is 14.2. The van der Waals surface area contributed by atoms with Crippen LogP contribution in [0, 0.1) is 19.8 Å². The van der Waals surface area contributed by atoms with Gasteiger partial charge in [0.25, 0.3) is 0 Å². The normalized spacial score (nSPS) is 14.9. The number of ether oxygens (including phenoxy) is 1. The van der Waals surface area contributed by atoms with Crippen LogP contribution in [0.1, 0.15) is 73.4 Å². The van der Waals surface area contributed by atoms with Crippen LogP contribution in [0.2, 0.25) is 0 Å². The number of aryl methyl sites for hydroxylation is 2. The quantitative estimate of drug-likeness (QED) is 0.196. The molecule has 240 valence electrons. The highest BCUT2D eigenvalue weighted by Crippen LogP contribution is 2.36. The molecule has 0 radical (unpaired) electrons. The summed E-state index contributed by atoms with van der Waals surface area (Å²) in [7, 11) is -3.19. The van der Waals surface area contributed by atoms with Gasteiger partial charge in [-0.25, -0.2) is 18.4 Å². The lowest BCUT2D eigenvalue weighted by Crippen LogP contribution is -2.32. The maximum atomic E-state index is 13.8. The van der Waals surface area contributed by atoms with Crippen LogP contribution in [0.5, 0.6) is 5.75 Å². The van der Waals surface area contributed by atoms with Crippen molar-refractivity contribution in [1.82, 2.24) is 9.97 Å². The summed E-state index contributed by atoms with van der Waals surface area (Å²) >= 11 is 0. The zero-order chi connectivity index (χ0) is 32.1. The van der Waals surface area contributed by atoms with Crippen molar-refractivity contribution in [2.45, 2.75) is 72.1 Å². The summed E-state index contributed by atoms with van der Waals surface area (Å²) in [5, 5.41) is 0. The first-order valence-corrected chi connectivity index (χ1v) is 17.2. The topological polar surface area (TPSA) is 75.6 Å². The molecule has 3 aromatic rings. The molecule has 1 aliphatic carbocycles. The van der Waals surface area contributed by atoms with Gasteiger partial charge < -0.3 is 14.5 Å². The largest absolute Gasteiger partial charge is 0.489 e. The van der Waals surface area contributed by atoms with Crippen LogP contribution in [0.4, 0.5) is 24.8 Å². The first-order valence-electron chi connectivity index (χ1n) is 15.2. The molecular weight excluding hydrogens is 589 g/mol. The molecule has 1 fully saturated rings. The summed E-state index contributed by atoms with van der Waals surface area (Å²) in [6.45, 7) is 9.83. The lowest BCUT2D eigenvalue weighted by molar-refractivity contribution is -0.137. The van der Waals surface area contributed by atoms with Crippen LogP contribution in [-0.2, 0) is 22.6 Å². The first kappa shape index (κ1) is 33.6. The van der Waals surface area contributed by atoms with Crippen LogP contribution in [0.3, 0.4) is 0 Å². The number of anilines is 2. The van der Waals surface area contributed by atoms with Gasteiger partial charge in [0.2, 0.25) is 5.95 Å². The zero-order valence-electron chi connectivity index (χ0n) is 26.2. The van der Waals surface area contributed by atoms with Crippen molar-refractivity contribution in [2.24, 2.45) is 5.92 Å². The van der Waals surface area contributed by atoms with Crippen LogP contribution in [0.25, 0.3) is 0 Å². The number of nitrogens with zero attached hydrogens (tertiary/aromatic N) is 4. The minimum Gasteiger partial charge on any atom is -0.489 e. The Balaban J connectivity index is 1.72. The maximum absolute atomic E-state index is 13.8. The second-order valence-corrected chi connectivity index (χ2v) is 14.2. The lowest BCUT2D eigenvalue weighted by Gasteiger charge is -2.34. The van der Waals surface area contributed by atoms with Crippen molar-refractivity contribution in [2.75, 3.05) is 41.5 Å². The fraction of sp³-hybridized carbons (Fsp3) is 0.515. The van der Waals surface area contributed by atoms with E-state index in [9.17, 15) is 21.6 Å². The van der Waals surface area contributed by atoms with Crippen molar-refractivity contribution in [1.29, 1.82) is 0 Å². The molecule has 0 aliphatic heterocycles. The molecule has 1 aliphatic rings. The highest BCUT2D eigenvalue weighted by Gasteiger charge is 2.32. The standard InChI is InChI=1S/C33H43F3N4O3S/c1-6-39(21-26-9-7-8-10-26)31-12-11-23(2)15-28(31)22-40(25(4)27-16-24(3)17-29(18-27)33(34,35)36)32-37-19-30(20-38-32)43-13-14-44(5,41)42/h11-12,15-20,25-26H,6-10,13-14,21-22H2,1-5H3. The Labute approximate surface area is 259 Å². The molecular formula is C33H43F3N4O3S. The van der Waals surface area contributed by atoms with Crippen LogP contribution in [0.15, 0.2) is 48.8 Å². The molecule has 1 unspecified atom stereocenters. The first-order chi connectivity index (χ1) is 20.7. The molecule has 0 saturated heterocycles. The smallest absolute Gasteiger partial charge is 0.416 e. The number of halogens is 3. The summed E-state index contributed by atoms with van der Waals surface area (Å²) in [4.78, 5) is 13.4. The van der Waals surface area contributed by atoms with Crippen molar-refractivity contribution in [3.8, 4) is 5.75 Å². The van der Waals surface area contributed by atoms with Gasteiger partial charge in [-0.15, -0.1) is 0 Å². The Morgan fingerprint density at radius 2 is 1.70 bits per heavy atom. The summed E-state index contributed by atoms with van der Waals surface area (Å²) in [5.41, 5.74) is 3.54. The van der Waals surface area contributed by atoms with Gasteiger partial charge in [-0.05, 0) is 75.8 Å². The predicted molar refractivity (Wildman–Crippen MR) is 169 cm³/mol. The van der Waals surface area contributed by atoms with Gasteiger partial charge in [-0.2, -0.15) is 13.2 Å². The van der Waals surface area contributed by atoms with Gasteiger partial charge in [0, 0.05) is 31.6 Å². The average molecular weight is 633 g/mol. The third kappa shape index (κ3) is 9.09. The summed E-state index contributed by atoms with van der Waals surface area (Å²) in [6.07, 6.45) is 4.57. The van der Waals surface area contributed by atoms with E-state index < -0.39 is 27.6 Å². The Kier molecular flexibility index (Phi) is 10.8. The summed E-state index contributed by atoms with van der Waals surface area (Å²) in [6, 6.07) is 9.98. The van der Waals surface area contributed by atoms with Crippen LogP contribution < -0.4 is 14.5 Å². The predicted octanol–water partition coefficient (Wildman–Crippen LogP) is 7.32. The molecule has 1 aromatic heterocycles. The van der Waals surface area contributed by atoms with E-state index in [0.717, 1.165) is 42.2 Å². The van der Waals surface area contributed by atoms with E-state index in [2.05, 4.69) is 40.0 Å². The highest BCUT2D eigenvalue weighted by molar-refractivity contribution is 7.90. The highest BCUT2D eigenvalue weighted by atomic mass is 32.2. The van der Waals surface area contributed by atoms with Crippen LogP contribution in [-0.4, -0.2) is 50.1 Å². The van der Waals surface area contributed by atoms with Gasteiger partial charge in [0.05, 0.1) is 29.8 Å². The fourth-order valence-electron chi connectivity index (χ4n) is 5.86. The molecule has 0 N–H and O–H groups in total. The van der Waals surface area contributed by atoms with Gasteiger partial charge in [0.1, 0.15) is 6.61 Å². The van der Waals surface area contributed by atoms with E-state index in [1.807, 2.05) is 18.7 Å². The minimum atomic E-state index is -4.47. The average Bonchev–Trinajstić information content (AvgIpc) is 3.47. The Hall–Kier alpha value is -3.34. The molecule has 11 heteroatoms. The fourth-order valence-corrected chi connectivity index (χ4v) is 6.24. The minimum absolute atomic E-state index is 0.0360. The Morgan fingerprint density at radius 3 is 2.32 bits per heavy atom. The molecule has 0 spiro atoms. The molecule has 0 bridgehead atoms. The number of alkyl halides is 3. The third-order valence-corrected chi connectivity index (χ3v) is 9.13. The lowest BCUT2D eigenvalue weighted by atomic mass is 9.99. The molecule has 7 nitrogen and oxygen atoms in total. The van der Waals surface area contributed by atoms with Crippen LogP contribution >= 0.6 is 0 Å². The number of aromatic nitrogens is 2. The van der Waals surface area contributed by atoms with Crippen molar-refractivity contribution in [3.63, 3.8) is 0 Å². The van der Waals surface area contributed by atoms with E-state index in [1.165, 1.54) is 44.1 Å². The Bertz CT molecular complexity index is 1510. The third-order valence-electron chi connectivity index (χ3n) is 8.22. The van der Waals surface area contributed by atoms with E-state index in [0.29, 0.717) is 35.3 Å². The molecule has 44 heavy (non-hydrogen) atoms. The van der Waals surface area contributed by atoms with Gasteiger partial charge in [0.15, 0.2) is 15.6 Å². The SMILES string of the molecule is CCN(CC1CCCC1)c1ccc(C)cc1CN(c1ncc(OCCS(C)(=O)=O)cn1)C(C)c1cc(C)cc(C(F)(F)F)c1. The monoisotopic (exact) mass is 632 g/mol. The van der Waals surface area contributed by atoms with Gasteiger partial charge >= 0.3 is 6.18 Å². The molecule has 1 heterocycles. The summed E-state index contributed by atoms with van der Waals surface area (Å²) < 4.78 is 69.9. The molecule has 1 atom stereocenters. The number of rotatable bonds is 13. The van der Waals surface area contributed by atoms with Gasteiger partial charge in [-0.1, -0.05) is 42.2 Å². The molecule has 4 rings (SSSR count). The number of hydrogen-bond donors (Lipinski definition) is 0. The molecule has 0 amide bonds. The van der Waals surface area contributed by atoms with E-state index in [-0.39, 0.29) is 12.4 Å². The van der Waals surface area contributed by atoms with Crippen molar-refractivity contribution in [3.05, 3.63) is 76.6 Å². The number of hydrogen-bond acceptors (Lipinski definition) is 7. The number of sulfone groups is 1. The molecule has 1 saturated carbocycles. The van der Waals surface area contributed by atoms with E-state index in [1.54, 1.807) is 13.0 Å². The van der Waals surface area contributed by atoms with Crippen molar-refractivity contribution < 1.29 is 26.3 Å². The van der Waals surface area contributed by atoms with E-state index in [4.69, 9.17) is 4.74 Å². The number of benzene rings is 2. The van der Waals surface area contributed by atoms with Gasteiger partial charge in [-0.3, -0.25) is 0 Å². The van der Waals surface area contributed by atoms with E-state index >= 15 is 0 Å². The summed E-state index contributed by atoms with van der Waals surface area (Å²) in [5.74, 6) is 1.14. The maximum Gasteiger partial charge on any atom is 0.416 e. The second-order valence-electron chi connectivity index (χ2n) is 12.0. The zero-order valence-corrected chi connectivity index (χ0v) is 27.0. The Morgan fingerprint density at radius 1 is 1.02 bits per heavy atom. The molecule has 2 aromatic carbocycles. The van der Waals surface area contributed by atoms with Crippen molar-refractivity contribution >= 4 is 21.5 Å².